The van der Waals surface area contributed by atoms with Gasteiger partial charge in [-0.2, -0.15) is 5.10 Å². The van der Waals surface area contributed by atoms with Crippen molar-refractivity contribution in [3.63, 3.8) is 0 Å². The van der Waals surface area contributed by atoms with E-state index in [1.807, 2.05) is 11.7 Å². The van der Waals surface area contributed by atoms with E-state index in [4.69, 9.17) is 0 Å². The van der Waals surface area contributed by atoms with Gasteiger partial charge in [0.25, 0.3) is 0 Å². The van der Waals surface area contributed by atoms with E-state index in [1.165, 1.54) is 16.0 Å². The minimum Gasteiger partial charge on any atom is -0.301 e. The maximum atomic E-state index is 4.40. The van der Waals surface area contributed by atoms with E-state index in [0.717, 1.165) is 12.2 Å². The lowest BCUT2D eigenvalue weighted by molar-refractivity contribution is 0.611. The highest BCUT2D eigenvalue weighted by molar-refractivity contribution is 7.10. The second-order valence-corrected chi connectivity index (χ2v) is 6.13. The second kappa shape index (κ2) is 6.24. The third kappa shape index (κ3) is 3.23. The van der Waals surface area contributed by atoms with Gasteiger partial charge in [0.15, 0.2) is 0 Å². The van der Waals surface area contributed by atoms with Crippen molar-refractivity contribution in [1.82, 2.24) is 15.1 Å². The van der Waals surface area contributed by atoms with E-state index in [2.05, 4.69) is 71.4 Å². The van der Waals surface area contributed by atoms with E-state index >= 15 is 0 Å². The van der Waals surface area contributed by atoms with Crippen molar-refractivity contribution in [2.24, 2.45) is 7.05 Å². The summed E-state index contributed by atoms with van der Waals surface area (Å²) in [6.07, 6.45) is 2.08. The van der Waals surface area contributed by atoms with Crippen LogP contribution in [0.5, 0.6) is 0 Å². The Bertz CT molecular complexity index is 686. The van der Waals surface area contributed by atoms with E-state index in [-0.39, 0.29) is 6.04 Å². The van der Waals surface area contributed by atoms with Gasteiger partial charge in [-0.25, -0.2) is 0 Å². The maximum absolute atomic E-state index is 4.40. The highest BCUT2D eigenvalue weighted by atomic mass is 32.1. The lowest BCUT2D eigenvalue weighted by atomic mass is 10.1. The molecular weight excluding hydrogens is 278 g/mol. The molecule has 2 aromatic heterocycles. The van der Waals surface area contributed by atoms with Crippen molar-refractivity contribution in [3.8, 4) is 0 Å². The van der Waals surface area contributed by atoms with Gasteiger partial charge in [0, 0.05) is 30.2 Å². The fourth-order valence-corrected chi connectivity index (χ4v) is 3.34. The van der Waals surface area contributed by atoms with Gasteiger partial charge in [-0.05, 0) is 23.9 Å². The van der Waals surface area contributed by atoms with Crippen LogP contribution in [0.3, 0.4) is 0 Å². The molecule has 0 fully saturated rings. The number of nitrogens with zero attached hydrogens (tertiary/aromatic N) is 2. The van der Waals surface area contributed by atoms with Crippen molar-refractivity contribution in [3.05, 3.63) is 75.7 Å². The summed E-state index contributed by atoms with van der Waals surface area (Å²) in [6.45, 7) is 2.87. The summed E-state index contributed by atoms with van der Waals surface area (Å²) in [5, 5.41) is 10.2. The van der Waals surface area contributed by atoms with Crippen molar-refractivity contribution >= 4 is 11.3 Å². The zero-order valence-corrected chi connectivity index (χ0v) is 13.1. The van der Waals surface area contributed by atoms with Crippen LogP contribution >= 0.6 is 11.3 Å². The van der Waals surface area contributed by atoms with E-state index in [1.54, 1.807) is 11.3 Å². The minimum atomic E-state index is 0.228. The van der Waals surface area contributed by atoms with Gasteiger partial charge in [-0.15, -0.1) is 11.3 Å². The zero-order chi connectivity index (χ0) is 14.7. The molecule has 1 aromatic carbocycles. The molecule has 0 aliphatic carbocycles. The molecule has 3 aromatic rings. The number of aromatic nitrogens is 2. The second-order valence-electron chi connectivity index (χ2n) is 5.15. The molecule has 108 valence electrons. The smallest absolute Gasteiger partial charge is 0.0673 e. The topological polar surface area (TPSA) is 29.9 Å². The summed E-state index contributed by atoms with van der Waals surface area (Å²) in [5.74, 6) is 0. The molecule has 3 rings (SSSR count). The van der Waals surface area contributed by atoms with Gasteiger partial charge in [-0.1, -0.05) is 36.4 Å². The molecule has 0 aliphatic heterocycles. The minimum absolute atomic E-state index is 0.228. The summed E-state index contributed by atoms with van der Waals surface area (Å²) in [6, 6.07) is 15.1. The lowest BCUT2D eigenvalue weighted by Gasteiger charge is -2.18. The van der Waals surface area contributed by atoms with Crippen LogP contribution in [-0.4, -0.2) is 9.78 Å². The van der Waals surface area contributed by atoms with Crippen LogP contribution < -0.4 is 5.32 Å². The molecule has 0 aliphatic rings. The predicted octanol–water partition coefficient (Wildman–Crippen LogP) is 3.67. The van der Waals surface area contributed by atoms with Crippen molar-refractivity contribution in [1.29, 1.82) is 0 Å². The SMILES string of the molecule is Cc1nn(C)cc1CNC(c1ccccc1)c1cccs1. The summed E-state index contributed by atoms with van der Waals surface area (Å²) in [4.78, 5) is 1.34. The normalized spacial score (nSPS) is 12.5. The molecule has 0 spiro atoms. The first-order valence-corrected chi connectivity index (χ1v) is 7.93. The van der Waals surface area contributed by atoms with Crippen LogP contribution in [0.15, 0.2) is 54.0 Å². The number of rotatable bonds is 5. The average molecular weight is 297 g/mol. The number of aryl methyl sites for hydroxylation is 2. The number of thiophene rings is 1. The molecule has 1 N–H and O–H groups in total. The Hall–Kier alpha value is -1.91. The highest BCUT2D eigenvalue weighted by Gasteiger charge is 2.15. The number of hydrogen-bond donors (Lipinski definition) is 1. The van der Waals surface area contributed by atoms with Gasteiger partial charge in [0.2, 0.25) is 0 Å². The van der Waals surface area contributed by atoms with Crippen LogP contribution in [0.2, 0.25) is 0 Å². The molecule has 1 atom stereocenters. The van der Waals surface area contributed by atoms with Gasteiger partial charge >= 0.3 is 0 Å². The van der Waals surface area contributed by atoms with E-state index in [9.17, 15) is 0 Å². The Labute approximate surface area is 129 Å². The molecule has 0 radical (unpaired) electrons. The molecule has 0 saturated heterocycles. The average Bonchev–Trinajstić information content (AvgIpc) is 3.11. The first-order chi connectivity index (χ1) is 10.2. The number of nitrogens with one attached hydrogen (secondary N) is 1. The largest absolute Gasteiger partial charge is 0.301 e. The summed E-state index contributed by atoms with van der Waals surface area (Å²) in [7, 11) is 1.96. The lowest BCUT2D eigenvalue weighted by Crippen LogP contribution is -2.21. The van der Waals surface area contributed by atoms with Crippen LogP contribution in [0.1, 0.15) is 27.7 Å². The van der Waals surface area contributed by atoms with Gasteiger partial charge in [0.05, 0.1) is 11.7 Å². The monoisotopic (exact) mass is 297 g/mol. The van der Waals surface area contributed by atoms with Gasteiger partial charge < -0.3 is 5.32 Å². The fourth-order valence-electron chi connectivity index (χ4n) is 2.52. The van der Waals surface area contributed by atoms with E-state index < -0.39 is 0 Å². The zero-order valence-electron chi connectivity index (χ0n) is 12.3. The molecular formula is C17H19N3S. The first kappa shape index (κ1) is 14.0. The molecule has 0 saturated carbocycles. The van der Waals surface area contributed by atoms with Gasteiger partial charge in [0.1, 0.15) is 0 Å². The standard InChI is InChI=1S/C17H19N3S/c1-13-15(12-20(2)19-13)11-18-17(16-9-6-10-21-16)14-7-4-3-5-8-14/h3-10,12,17-18H,11H2,1-2H3. The van der Waals surface area contributed by atoms with Crippen LogP contribution in [0, 0.1) is 6.92 Å². The first-order valence-electron chi connectivity index (χ1n) is 7.05. The highest BCUT2D eigenvalue weighted by Crippen LogP contribution is 2.26. The maximum Gasteiger partial charge on any atom is 0.0673 e. The Morgan fingerprint density at radius 2 is 2.00 bits per heavy atom. The molecule has 0 amide bonds. The van der Waals surface area contributed by atoms with Crippen LogP contribution in [0.4, 0.5) is 0 Å². The number of hydrogen-bond acceptors (Lipinski definition) is 3. The van der Waals surface area contributed by atoms with Crippen molar-refractivity contribution < 1.29 is 0 Å². The molecule has 2 heterocycles. The molecule has 0 bridgehead atoms. The Kier molecular flexibility index (Phi) is 4.18. The third-order valence-electron chi connectivity index (χ3n) is 3.57. The Morgan fingerprint density at radius 3 is 2.62 bits per heavy atom. The Balaban J connectivity index is 1.82. The summed E-state index contributed by atoms with van der Waals surface area (Å²) >= 11 is 1.79. The fraction of sp³-hybridized carbons (Fsp3) is 0.235. The van der Waals surface area contributed by atoms with Gasteiger partial charge in [-0.3, -0.25) is 4.68 Å². The van der Waals surface area contributed by atoms with Crippen LogP contribution in [-0.2, 0) is 13.6 Å². The quantitative estimate of drug-likeness (QED) is 0.778. The van der Waals surface area contributed by atoms with Crippen molar-refractivity contribution in [2.75, 3.05) is 0 Å². The third-order valence-corrected chi connectivity index (χ3v) is 4.51. The number of benzene rings is 1. The van der Waals surface area contributed by atoms with Crippen molar-refractivity contribution in [2.45, 2.75) is 19.5 Å². The molecule has 1 unspecified atom stereocenters. The molecule has 3 nitrogen and oxygen atoms in total. The predicted molar refractivity (Wildman–Crippen MR) is 87.4 cm³/mol. The molecule has 4 heteroatoms. The van der Waals surface area contributed by atoms with E-state index in [0.29, 0.717) is 0 Å². The molecule has 21 heavy (non-hydrogen) atoms. The summed E-state index contributed by atoms with van der Waals surface area (Å²) in [5.41, 5.74) is 3.62. The summed E-state index contributed by atoms with van der Waals surface area (Å²) < 4.78 is 1.87. The Morgan fingerprint density at radius 1 is 1.19 bits per heavy atom. The van der Waals surface area contributed by atoms with Crippen LogP contribution in [0.25, 0.3) is 0 Å².